The predicted octanol–water partition coefficient (Wildman–Crippen LogP) is 2.25. The number of carbonyl (C=O) groups excluding carboxylic acids is 1. The Balaban J connectivity index is 1.79. The fourth-order valence-corrected chi connectivity index (χ4v) is 2.28. The third-order valence-electron chi connectivity index (χ3n) is 3.44. The second-order valence-corrected chi connectivity index (χ2v) is 4.82. The molecule has 88 valence electrons. The van der Waals surface area contributed by atoms with Crippen LogP contribution < -0.4 is 5.43 Å². The van der Waals surface area contributed by atoms with Crippen molar-refractivity contribution in [1.82, 2.24) is 5.43 Å². The van der Waals surface area contributed by atoms with Gasteiger partial charge >= 0.3 is 0 Å². The van der Waals surface area contributed by atoms with E-state index in [2.05, 4.69) is 28.7 Å². The van der Waals surface area contributed by atoms with Gasteiger partial charge in [-0.05, 0) is 37.7 Å². The smallest absolute Gasteiger partial charge is 0.243 e. The average Bonchev–Trinajstić information content (AvgIpc) is 3.20. The van der Waals surface area contributed by atoms with Crippen molar-refractivity contribution in [1.29, 1.82) is 0 Å². The maximum absolute atomic E-state index is 11.5. The zero-order chi connectivity index (χ0) is 11.7. The lowest BCUT2D eigenvalue weighted by molar-refractivity contribution is -0.122. The van der Waals surface area contributed by atoms with E-state index in [-0.39, 0.29) is 11.8 Å². The van der Waals surface area contributed by atoms with Crippen LogP contribution in [-0.2, 0) is 11.2 Å². The monoisotopic (exact) mass is 228 g/mol. The Morgan fingerprint density at radius 2 is 2.06 bits per heavy atom. The van der Waals surface area contributed by atoms with E-state index in [1.807, 2.05) is 6.07 Å². The van der Waals surface area contributed by atoms with Crippen molar-refractivity contribution in [2.24, 2.45) is 11.0 Å². The van der Waals surface area contributed by atoms with Crippen molar-refractivity contribution >= 4 is 11.6 Å². The summed E-state index contributed by atoms with van der Waals surface area (Å²) in [5.41, 5.74) is 6.28. The van der Waals surface area contributed by atoms with Crippen LogP contribution in [0.2, 0.25) is 0 Å². The number of hydrogen-bond acceptors (Lipinski definition) is 2. The van der Waals surface area contributed by atoms with E-state index >= 15 is 0 Å². The van der Waals surface area contributed by atoms with Gasteiger partial charge in [-0.15, -0.1) is 0 Å². The molecule has 2 aliphatic carbocycles. The summed E-state index contributed by atoms with van der Waals surface area (Å²) in [6.45, 7) is 0. The number of benzene rings is 1. The van der Waals surface area contributed by atoms with Gasteiger partial charge in [-0.2, -0.15) is 5.10 Å². The number of aryl methyl sites for hydroxylation is 1. The maximum Gasteiger partial charge on any atom is 0.243 e. The van der Waals surface area contributed by atoms with E-state index in [0.29, 0.717) is 0 Å². The van der Waals surface area contributed by atoms with Crippen LogP contribution in [0.4, 0.5) is 0 Å². The summed E-state index contributed by atoms with van der Waals surface area (Å²) >= 11 is 0. The number of carbonyl (C=O) groups is 1. The summed E-state index contributed by atoms with van der Waals surface area (Å²) in [4.78, 5) is 11.5. The highest BCUT2D eigenvalue weighted by atomic mass is 16.2. The van der Waals surface area contributed by atoms with Gasteiger partial charge < -0.3 is 0 Å². The maximum atomic E-state index is 11.5. The molecule has 0 saturated heterocycles. The van der Waals surface area contributed by atoms with Crippen LogP contribution in [0.5, 0.6) is 0 Å². The first-order valence-electron chi connectivity index (χ1n) is 6.29. The number of nitrogens with zero attached hydrogens (tertiary/aromatic N) is 1. The number of amides is 1. The van der Waals surface area contributed by atoms with Crippen LogP contribution in [0.25, 0.3) is 0 Å². The fraction of sp³-hybridized carbons (Fsp3) is 0.429. The zero-order valence-corrected chi connectivity index (χ0v) is 9.78. The molecule has 0 atom stereocenters. The van der Waals surface area contributed by atoms with Gasteiger partial charge in [0.25, 0.3) is 0 Å². The summed E-state index contributed by atoms with van der Waals surface area (Å²) in [7, 11) is 0. The molecule has 0 aliphatic heterocycles. The predicted molar refractivity (Wildman–Crippen MR) is 66.8 cm³/mol. The van der Waals surface area contributed by atoms with Crippen LogP contribution in [-0.4, -0.2) is 11.6 Å². The molecule has 1 aromatic rings. The Morgan fingerprint density at radius 1 is 1.24 bits per heavy atom. The Hall–Kier alpha value is -1.64. The molecule has 1 saturated carbocycles. The lowest BCUT2D eigenvalue weighted by Crippen LogP contribution is -2.23. The highest BCUT2D eigenvalue weighted by Crippen LogP contribution is 2.29. The van der Waals surface area contributed by atoms with E-state index in [1.165, 1.54) is 11.1 Å². The number of fused-ring (bicyclic) bond motifs is 1. The minimum absolute atomic E-state index is 0.0838. The standard InChI is InChI=1S/C14H16N2O/c17-14(11-8-9-11)16-15-13-7-3-5-10-4-1-2-6-12(10)13/h1-2,4,6,11H,3,5,7-9H2,(H,16,17). The largest absolute Gasteiger partial charge is 0.273 e. The van der Waals surface area contributed by atoms with Crippen molar-refractivity contribution in [2.75, 3.05) is 0 Å². The molecule has 1 aromatic carbocycles. The Bertz CT molecular complexity index is 475. The minimum atomic E-state index is 0.0838. The molecule has 2 aliphatic rings. The number of nitrogens with one attached hydrogen (secondary N) is 1. The molecule has 3 nitrogen and oxygen atoms in total. The average molecular weight is 228 g/mol. The van der Waals surface area contributed by atoms with Gasteiger partial charge in [0.15, 0.2) is 0 Å². The van der Waals surface area contributed by atoms with E-state index in [4.69, 9.17) is 0 Å². The molecule has 0 aromatic heterocycles. The van der Waals surface area contributed by atoms with Crippen molar-refractivity contribution in [3.8, 4) is 0 Å². The Morgan fingerprint density at radius 3 is 2.88 bits per heavy atom. The first-order chi connectivity index (χ1) is 8.34. The molecule has 0 radical (unpaired) electrons. The SMILES string of the molecule is O=C(NN=C1CCCc2ccccc21)C1CC1. The summed E-state index contributed by atoms with van der Waals surface area (Å²) in [6, 6.07) is 8.33. The summed E-state index contributed by atoms with van der Waals surface area (Å²) < 4.78 is 0. The van der Waals surface area contributed by atoms with E-state index in [0.717, 1.165) is 37.8 Å². The minimum Gasteiger partial charge on any atom is -0.273 e. The quantitative estimate of drug-likeness (QED) is 0.775. The summed E-state index contributed by atoms with van der Waals surface area (Å²) in [5.74, 6) is 0.304. The molecule has 3 rings (SSSR count). The van der Waals surface area contributed by atoms with Gasteiger partial charge in [0.1, 0.15) is 0 Å². The highest BCUT2D eigenvalue weighted by Gasteiger charge is 2.29. The molecular weight excluding hydrogens is 212 g/mol. The third-order valence-corrected chi connectivity index (χ3v) is 3.44. The Labute approximate surface area is 101 Å². The summed E-state index contributed by atoms with van der Waals surface area (Å²) in [6.07, 6.45) is 5.24. The summed E-state index contributed by atoms with van der Waals surface area (Å²) in [5, 5.41) is 4.30. The van der Waals surface area contributed by atoms with Crippen LogP contribution in [0, 0.1) is 5.92 Å². The molecule has 0 bridgehead atoms. The number of hydrogen-bond donors (Lipinski definition) is 1. The van der Waals surface area contributed by atoms with Crippen molar-refractivity contribution < 1.29 is 4.79 Å². The molecule has 1 fully saturated rings. The molecule has 0 unspecified atom stereocenters. The fourth-order valence-electron chi connectivity index (χ4n) is 2.28. The van der Waals surface area contributed by atoms with Gasteiger partial charge in [0.2, 0.25) is 5.91 Å². The molecular formula is C14H16N2O. The second-order valence-electron chi connectivity index (χ2n) is 4.82. The van der Waals surface area contributed by atoms with Crippen molar-refractivity contribution in [3.63, 3.8) is 0 Å². The molecule has 3 heteroatoms. The number of rotatable bonds is 2. The highest BCUT2D eigenvalue weighted by molar-refractivity contribution is 6.03. The van der Waals surface area contributed by atoms with Crippen LogP contribution in [0.1, 0.15) is 36.8 Å². The van der Waals surface area contributed by atoms with Gasteiger partial charge in [-0.1, -0.05) is 24.3 Å². The lowest BCUT2D eigenvalue weighted by Gasteiger charge is -2.17. The van der Waals surface area contributed by atoms with E-state index in [1.54, 1.807) is 0 Å². The number of hydrazone groups is 1. The lowest BCUT2D eigenvalue weighted by atomic mass is 9.90. The normalized spacial score (nSPS) is 21.1. The zero-order valence-electron chi connectivity index (χ0n) is 9.78. The van der Waals surface area contributed by atoms with Gasteiger partial charge in [-0.25, -0.2) is 5.43 Å². The van der Waals surface area contributed by atoms with Gasteiger partial charge in [-0.3, -0.25) is 4.79 Å². The Kier molecular flexibility index (Phi) is 2.67. The van der Waals surface area contributed by atoms with Crippen LogP contribution >= 0.6 is 0 Å². The van der Waals surface area contributed by atoms with Crippen LogP contribution in [0.15, 0.2) is 29.4 Å². The van der Waals surface area contributed by atoms with Crippen molar-refractivity contribution in [3.05, 3.63) is 35.4 Å². The van der Waals surface area contributed by atoms with Crippen LogP contribution in [0.3, 0.4) is 0 Å². The first kappa shape index (κ1) is 10.5. The van der Waals surface area contributed by atoms with E-state index < -0.39 is 0 Å². The third kappa shape index (κ3) is 2.23. The second kappa shape index (κ2) is 4.32. The molecule has 1 N–H and O–H groups in total. The first-order valence-corrected chi connectivity index (χ1v) is 6.29. The molecule has 0 spiro atoms. The molecule has 17 heavy (non-hydrogen) atoms. The molecule has 1 amide bonds. The topological polar surface area (TPSA) is 41.5 Å². The molecule has 0 heterocycles. The van der Waals surface area contributed by atoms with Crippen molar-refractivity contribution in [2.45, 2.75) is 32.1 Å². The van der Waals surface area contributed by atoms with Gasteiger partial charge in [0, 0.05) is 11.5 Å². The van der Waals surface area contributed by atoms with Gasteiger partial charge in [0.05, 0.1) is 5.71 Å². The van der Waals surface area contributed by atoms with E-state index in [9.17, 15) is 4.79 Å².